The van der Waals surface area contributed by atoms with Crippen molar-refractivity contribution in [2.45, 2.75) is 32.0 Å². The van der Waals surface area contributed by atoms with E-state index in [4.69, 9.17) is 0 Å². The van der Waals surface area contributed by atoms with Gasteiger partial charge >= 0.3 is 0 Å². The maximum absolute atomic E-state index is 10.4. The third-order valence-corrected chi connectivity index (χ3v) is 4.44. The summed E-state index contributed by atoms with van der Waals surface area (Å²) < 4.78 is 2.85. The molecule has 104 valence electrons. The molecule has 6 heteroatoms. The summed E-state index contributed by atoms with van der Waals surface area (Å²) in [5.41, 5.74) is -0.826. The Balaban J connectivity index is 1.85. The van der Waals surface area contributed by atoms with Gasteiger partial charge in [-0.05, 0) is 41.2 Å². The van der Waals surface area contributed by atoms with Crippen LogP contribution in [0.1, 0.15) is 18.7 Å². The number of aromatic nitrogens is 2. The van der Waals surface area contributed by atoms with E-state index in [1.54, 1.807) is 17.5 Å². The van der Waals surface area contributed by atoms with Crippen LogP contribution in [-0.4, -0.2) is 27.5 Å². The van der Waals surface area contributed by atoms with Gasteiger partial charge in [-0.2, -0.15) is 5.10 Å². The fourth-order valence-corrected chi connectivity index (χ4v) is 2.94. The smallest absolute Gasteiger partial charge is 0.108 e. The number of nitrogens with zero attached hydrogens (tertiary/aromatic N) is 2. The molecular formula is C13H18BrN3OS. The first kappa shape index (κ1) is 14.7. The molecule has 0 amide bonds. The quantitative estimate of drug-likeness (QED) is 0.847. The number of hydrogen-bond donors (Lipinski definition) is 2. The summed E-state index contributed by atoms with van der Waals surface area (Å²) >= 11 is 4.95. The zero-order valence-corrected chi connectivity index (χ0v) is 13.4. The van der Waals surface area contributed by atoms with Gasteiger partial charge in [0.1, 0.15) is 5.60 Å². The molecule has 0 spiro atoms. The van der Waals surface area contributed by atoms with E-state index in [0.717, 1.165) is 15.9 Å². The Morgan fingerprint density at radius 1 is 1.63 bits per heavy atom. The molecule has 0 saturated heterocycles. The largest absolute Gasteiger partial charge is 0.383 e. The first-order chi connectivity index (χ1) is 8.97. The number of thiophene rings is 1. The van der Waals surface area contributed by atoms with Crippen LogP contribution >= 0.6 is 27.3 Å². The lowest BCUT2D eigenvalue weighted by molar-refractivity contribution is 0.0573. The highest BCUT2D eigenvalue weighted by Gasteiger charge is 2.24. The van der Waals surface area contributed by atoms with E-state index in [-0.39, 0.29) is 6.04 Å². The highest BCUT2D eigenvalue weighted by Crippen LogP contribution is 2.24. The van der Waals surface area contributed by atoms with E-state index in [0.29, 0.717) is 6.54 Å². The molecule has 2 aromatic heterocycles. The van der Waals surface area contributed by atoms with Crippen molar-refractivity contribution in [3.05, 3.63) is 39.3 Å². The van der Waals surface area contributed by atoms with Crippen molar-refractivity contribution in [2.75, 3.05) is 6.54 Å². The van der Waals surface area contributed by atoms with Gasteiger partial charge in [0.05, 0.1) is 17.2 Å². The fraction of sp³-hybridized carbons (Fsp3) is 0.462. The van der Waals surface area contributed by atoms with Gasteiger partial charge in [-0.3, -0.25) is 4.68 Å². The van der Waals surface area contributed by atoms with Crippen LogP contribution < -0.4 is 5.32 Å². The molecule has 0 bridgehead atoms. The maximum atomic E-state index is 10.4. The minimum atomic E-state index is -0.826. The topological polar surface area (TPSA) is 50.1 Å². The first-order valence-corrected chi connectivity index (χ1v) is 7.82. The summed E-state index contributed by atoms with van der Waals surface area (Å²) in [5, 5.41) is 20.0. The lowest BCUT2D eigenvalue weighted by Crippen LogP contribution is -2.41. The first-order valence-electron chi connectivity index (χ1n) is 6.15. The van der Waals surface area contributed by atoms with E-state index in [1.165, 1.54) is 0 Å². The molecule has 0 aromatic carbocycles. The van der Waals surface area contributed by atoms with Crippen LogP contribution in [0.4, 0.5) is 0 Å². The van der Waals surface area contributed by atoms with Crippen molar-refractivity contribution >= 4 is 27.3 Å². The normalized spacial score (nSPS) is 16.2. The van der Waals surface area contributed by atoms with Gasteiger partial charge in [-0.1, -0.05) is 6.07 Å². The second kappa shape index (κ2) is 6.17. The van der Waals surface area contributed by atoms with Crippen LogP contribution in [0.15, 0.2) is 34.4 Å². The molecular weight excluding hydrogens is 326 g/mol. The molecule has 0 aliphatic heterocycles. The van der Waals surface area contributed by atoms with Crippen LogP contribution in [0.3, 0.4) is 0 Å². The summed E-state index contributed by atoms with van der Waals surface area (Å²) in [6.45, 7) is 5.21. The fourth-order valence-electron chi connectivity index (χ4n) is 1.83. The molecule has 0 saturated carbocycles. The van der Waals surface area contributed by atoms with Crippen LogP contribution in [0.5, 0.6) is 0 Å². The zero-order chi connectivity index (χ0) is 13.9. The van der Waals surface area contributed by atoms with Gasteiger partial charge in [-0.15, -0.1) is 11.3 Å². The number of aliphatic hydroxyl groups is 1. The van der Waals surface area contributed by atoms with Crippen molar-refractivity contribution in [2.24, 2.45) is 0 Å². The van der Waals surface area contributed by atoms with E-state index >= 15 is 0 Å². The number of nitrogens with one attached hydrogen (secondary N) is 1. The number of hydrogen-bond acceptors (Lipinski definition) is 4. The van der Waals surface area contributed by atoms with E-state index in [2.05, 4.69) is 33.3 Å². The molecule has 19 heavy (non-hydrogen) atoms. The van der Waals surface area contributed by atoms with Crippen molar-refractivity contribution in [1.29, 1.82) is 0 Å². The Morgan fingerprint density at radius 3 is 3.00 bits per heavy atom. The molecule has 2 aromatic rings. The summed E-state index contributed by atoms with van der Waals surface area (Å²) in [5.74, 6) is 0. The van der Waals surface area contributed by atoms with Crippen LogP contribution in [-0.2, 0) is 12.1 Å². The molecule has 2 rings (SSSR count). The summed E-state index contributed by atoms with van der Waals surface area (Å²) in [6, 6.07) is 4.15. The van der Waals surface area contributed by atoms with E-state index in [1.807, 2.05) is 35.3 Å². The van der Waals surface area contributed by atoms with Crippen molar-refractivity contribution in [3.63, 3.8) is 0 Å². The van der Waals surface area contributed by atoms with Gasteiger partial charge in [0.2, 0.25) is 0 Å². The standard InChI is InChI=1S/C13H18BrN3OS/c1-10(7-17-8-11(14)6-16-17)15-9-13(2,18)12-4-3-5-19-12/h3-6,8,10,15,18H,7,9H2,1-2H3/t10-,13-/m0/s1. The van der Waals surface area contributed by atoms with Crippen molar-refractivity contribution in [1.82, 2.24) is 15.1 Å². The number of rotatable bonds is 6. The minimum absolute atomic E-state index is 0.234. The Kier molecular flexibility index (Phi) is 4.78. The average Bonchev–Trinajstić information content (AvgIpc) is 2.98. The molecule has 2 N–H and O–H groups in total. The maximum Gasteiger partial charge on any atom is 0.108 e. The van der Waals surface area contributed by atoms with Crippen LogP contribution in [0.2, 0.25) is 0 Å². The van der Waals surface area contributed by atoms with Gasteiger partial charge in [-0.25, -0.2) is 0 Å². The molecule has 0 aliphatic rings. The predicted octanol–water partition coefficient (Wildman–Crippen LogP) is 2.59. The monoisotopic (exact) mass is 343 g/mol. The summed E-state index contributed by atoms with van der Waals surface area (Å²) in [6.07, 6.45) is 3.71. The van der Waals surface area contributed by atoms with Crippen molar-refractivity contribution in [3.8, 4) is 0 Å². The Hall–Kier alpha value is -0.690. The average molecular weight is 344 g/mol. The molecule has 0 unspecified atom stereocenters. The summed E-state index contributed by atoms with van der Waals surface area (Å²) in [7, 11) is 0. The van der Waals surface area contributed by atoms with E-state index in [9.17, 15) is 5.11 Å². The third-order valence-electron chi connectivity index (χ3n) is 2.91. The highest BCUT2D eigenvalue weighted by atomic mass is 79.9. The molecule has 0 aliphatic carbocycles. The molecule has 0 radical (unpaired) electrons. The molecule has 2 atom stereocenters. The van der Waals surface area contributed by atoms with Crippen molar-refractivity contribution < 1.29 is 5.11 Å². The van der Waals surface area contributed by atoms with E-state index < -0.39 is 5.60 Å². The lowest BCUT2D eigenvalue weighted by atomic mass is 10.0. The predicted molar refractivity (Wildman–Crippen MR) is 81.3 cm³/mol. The Morgan fingerprint density at radius 2 is 2.42 bits per heavy atom. The van der Waals surface area contributed by atoms with Crippen LogP contribution in [0.25, 0.3) is 0 Å². The lowest BCUT2D eigenvalue weighted by Gasteiger charge is -2.25. The van der Waals surface area contributed by atoms with Crippen LogP contribution in [0, 0.1) is 0 Å². The Bertz CT molecular complexity index is 510. The van der Waals surface area contributed by atoms with Gasteiger partial charge in [0, 0.05) is 23.7 Å². The van der Waals surface area contributed by atoms with Gasteiger partial charge in [0.15, 0.2) is 0 Å². The third kappa shape index (κ3) is 4.14. The molecule has 0 fully saturated rings. The zero-order valence-electron chi connectivity index (χ0n) is 11.0. The number of halogens is 1. The summed E-state index contributed by atoms with van der Waals surface area (Å²) in [4.78, 5) is 0.981. The van der Waals surface area contributed by atoms with Gasteiger partial charge in [0.25, 0.3) is 0 Å². The van der Waals surface area contributed by atoms with Gasteiger partial charge < -0.3 is 10.4 Å². The second-order valence-corrected chi connectivity index (χ2v) is 6.78. The minimum Gasteiger partial charge on any atom is -0.383 e. The highest BCUT2D eigenvalue weighted by molar-refractivity contribution is 9.10. The Labute approximate surface area is 125 Å². The SMILES string of the molecule is C[C@@H](Cn1cc(Br)cn1)NC[C@](C)(O)c1cccs1. The molecule has 2 heterocycles. The second-order valence-electron chi connectivity index (χ2n) is 4.91. The molecule has 4 nitrogen and oxygen atoms in total.